The van der Waals surface area contributed by atoms with Crippen LogP contribution in [-0.4, -0.2) is 43.1 Å². The number of hydrogen-bond donors (Lipinski definition) is 1. The second-order valence-electron chi connectivity index (χ2n) is 5.32. The van der Waals surface area contributed by atoms with Gasteiger partial charge in [0, 0.05) is 13.1 Å². The quantitative estimate of drug-likeness (QED) is 0.842. The van der Waals surface area contributed by atoms with Gasteiger partial charge in [-0.3, -0.25) is 4.79 Å². The molecule has 10 heteroatoms. The van der Waals surface area contributed by atoms with Crippen LogP contribution in [0.2, 0.25) is 0 Å². The van der Waals surface area contributed by atoms with Crippen molar-refractivity contribution in [1.82, 2.24) is 4.31 Å². The summed E-state index contributed by atoms with van der Waals surface area (Å²) in [6.45, 7) is -0.444. The van der Waals surface area contributed by atoms with Gasteiger partial charge in [0.25, 0.3) is 0 Å². The lowest BCUT2D eigenvalue weighted by Gasteiger charge is -2.19. The SMILES string of the molecule is Cc1cc(F)ccc1S(=O)(=O)N1C[C@@H](C(F)(F)F)[C@H](C(=O)O)C1. The number of carbonyl (C=O) groups is 1. The van der Waals surface area contributed by atoms with Gasteiger partial charge in [0.2, 0.25) is 10.0 Å². The highest BCUT2D eigenvalue weighted by molar-refractivity contribution is 7.89. The number of carboxylic acids is 1. The molecule has 1 fully saturated rings. The van der Waals surface area contributed by atoms with E-state index in [-0.39, 0.29) is 10.5 Å². The fourth-order valence-electron chi connectivity index (χ4n) is 2.59. The molecule has 0 saturated carbocycles. The zero-order valence-electron chi connectivity index (χ0n) is 11.8. The van der Waals surface area contributed by atoms with Gasteiger partial charge in [0.1, 0.15) is 5.82 Å². The molecule has 2 rings (SSSR count). The minimum absolute atomic E-state index is 0.0346. The van der Waals surface area contributed by atoms with Gasteiger partial charge >= 0.3 is 12.1 Å². The Morgan fingerprint density at radius 2 is 1.91 bits per heavy atom. The fraction of sp³-hybridized carbons (Fsp3) is 0.462. The molecule has 1 aliphatic rings. The maximum Gasteiger partial charge on any atom is 0.393 e. The lowest BCUT2D eigenvalue weighted by molar-refractivity contribution is -0.187. The molecule has 0 spiro atoms. The van der Waals surface area contributed by atoms with Crippen LogP contribution >= 0.6 is 0 Å². The molecule has 0 bridgehead atoms. The molecular formula is C13H13F4NO4S. The topological polar surface area (TPSA) is 74.7 Å². The second-order valence-corrected chi connectivity index (χ2v) is 7.23. The van der Waals surface area contributed by atoms with Crippen molar-refractivity contribution in [2.75, 3.05) is 13.1 Å². The zero-order chi connectivity index (χ0) is 17.6. The highest BCUT2D eigenvalue weighted by atomic mass is 32.2. The highest BCUT2D eigenvalue weighted by Gasteiger charge is 2.55. The summed E-state index contributed by atoms with van der Waals surface area (Å²) >= 11 is 0. The summed E-state index contributed by atoms with van der Waals surface area (Å²) in [6.07, 6.45) is -4.83. The normalized spacial score (nSPS) is 23.2. The van der Waals surface area contributed by atoms with Crippen LogP contribution in [-0.2, 0) is 14.8 Å². The minimum atomic E-state index is -4.83. The fourth-order valence-corrected chi connectivity index (χ4v) is 4.28. The Balaban J connectivity index is 2.40. The number of nitrogens with zero attached hydrogens (tertiary/aromatic N) is 1. The lowest BCUT2D eigenvalue weighted by atomic mass is 9.96. The van der Waals surface area contributed by atoms with E-state index in [0.717, 1.165) is 18.2 Å². The van der Waals surface area contributed by atoms with E-state index in [9.17, 15) is 30.8 Å². The van der Waals surface area contributed by atoms with E-state index < -0.39 is 52.9 Å². The number of halogens is 4. The van der Waals surface area contributed by atoms with E-state index in [1.165, 1.54) is 6.92 Å². The van der Waals surface area contributed by atoms with Gasteiger partial charge in [-0.05, 0) is 30.7 Å². The smallest absolute Gasteiger partial charge is 0.393 e. The first-order valence-corrected chi connectivity index (χ1v) is 7.94. The molecule has 1 N–H and O–H groups in total. The summed E-state index contributed by atoms with van der Waals surface area (Å²) in [5.74, 6) is -6.54. The van der Waals surface area contributed by atoms with Crippen LogP contribution < -0.4 is 0 Å². The molecule has 1 saturated heterocycles. The van der Waals surface area contributed by atoms with E-state index in [1.54, 1.807) is 0 Å². The van der Waals surface area contributed by atoms with Gasteiger partial charge in [0.15, 0.2) is 0 Å². The van der Waals surface area contributed by atoms with E-state index in [4.69, 9.17) is 5.11 Å². The Bertz CT molecular complexity index is 732. The summed E-state index contributed by atoms with van der Waals surface area (Å²) < 4.78 is 77.3. The second kappa shape index (κ2) is 5.75. The maximum atomic E-state index is 13.1. The van der Waals surface area contributed by atoms with Crippen LogP contribution in [0.5, 0.6) is 0 Å². The number of sulfonamides is 1. The van der Waals surface area contributed by atoms with Crippen molar-refractivity contribution < 1.29 is 35.9 Å². The zero-order valence-corrected chi connectivity index (χ0v) is 12.7. The standard InChI is InChI=1S/C13H13F4NO4S/c1-7-4-8(14)2-3-11(7)23(21,22)18-5-9(12(19)20)10(6-18)13(15,16)17/h2-4,9-10H,5-6H2,1H3,(H,19,20)/t9-,10-/m1/s1. The molecule has 0 unspecified atom stereocenters. The Morgan fingerprint density at radius 1 is 1.30 bits per heavy atom. The molecule has 0 aliphatic carbocycles. The van der Waals surface area contributed by atoms with Crippen molar-refractivity contribution in [3.63, 3.8) is 0 Å². The molecule has 5 nitrogen and oxygen atoms in total. The van der Waals surface area contributed by atoms with Crippen LogP contribution in [0.4, 0.5) is 17.6 Å². The summed E-state index contributed by atoms with van der Waals surface area (Å²) in [5.41, 5.74) is 0.0346. The van der Waals surface area contributed by atoms with Gasteiger partial charge in [-0.1, -0.05) is 0 Å². The van der Waals surface area contributed by atoms with E-state index >= 15 is 0 Å². The van der Waals surface area contributed by atoms with Crippen molar-refractivity contribution in [3.8, 4) is 0 Å². The summed E-state index contributed by atoms with van der Waals surface area (Å²) in [4.78, 5) is 10.7. The molecule has 1 aromatic rings. The first-order chi connectivity index (χ1) is 10.4. The third-order valence-electron chi connectivity index (χ3n) is 3.78. The van der Waals surface area contributed by atoms with Gasteiger partial charge in [0.05, 0.1) is 16.7 Å². The summed E-state index contributed by atoms with van der Waals surface area (Å²) in [6, 6.07) is 2.78. The van der Waals surface area contributed by atoms with Gasteiger partial charge in [-0.25, -0.2) is 12.8 Å². The van der Waals surface area contributed by atoms with Crippen molar-refractivity contribution in [2.45, 2.75) is 18.0 Å². The maximum absolute atomic E-state index is 13.1. The van der Waals surface area contributed by atoms with Crippen LogP contribution in [0.1, 0.15) is 5.56 Å². The third kappa shape index (κ3) is 3.32. The number of aliphatic carboxylic acids is 1. The van der Waals surface area contributed by atoms with Crippen LogP contribution in [0.15, 0.2) is 23.1 Å². The van der Waals surface area contributed by atoms with Gasteiger partial charge in [-0.2, -0.15) is 17.5 Å². The minimum Gasteiger partial charge on any atom is -0.481 e. The van der Waals surface area contributed by atoms with Gasteiger partial charge < -0.3 is 5.11 Å². The lowest BCUT2D eigenvalue weighted by Crippen LogP contribution is -2.34. The van der Waals surface area contributed by atoms with Crippen molar-refractivity contribution in [2.24, 2.45) is 11.8 Å². The first kappa shape index (κ1) is 17.7. The Kier molecular flexibility index (Phi) is 4.42. The molecule has 23 heavy (non-hydrogen) atoms. The summed E-state index contributed by atoms with van der Waals surface area (Å²) in [5, 5.41) is 8.92. The molecule has 0 radical (unpaired) electrons. The molecule has 1 aliphatic heterocycles. The van der Waals surface area contributed by atoms with Crippen LogP contribution in [0.3, 0.4) is 0 Å². The number of carboxylic acid groups (broad SMARTS) is 1. The monoisotopic (exact) mass is 355 g/mol. The van der Waals surface area contributed by atoms with E-state index in [1.807, 2.05) is 0 Å². The third-order valence-corrected chi connectivity index (χ3v) is 5.77. The van der Waals surface area contributed by atoms with Crippen LogP contribution in [0.25, 0.3) is 0 Å². The molecule has 1 heterocycles. The van der Waals surface area contributed by atoms with E-state index in [0.29, 0.717) is 4.31 Å². The molecule has 1 aromatic carbocycles. The summed E-state index contributed by atoms with van der Waals surface area (Å²) in [7, 11) is -4.34. The Morgan fingerprint density at radius 3 is 2.35 bits per heavy atom. The Labute approximate surface area is 129 Å². The molecule has 0 amide bonds. The van der Waals surface area contributed by atoms with Gasteiger partial charge in [-0.15, -0.1) is 0 Å². The number of rotatable bonds is 3. The van der Waals surface area contributed by atoms with Crippen LogP contribution in [0, 0.1) is 24.6 Å². The molecular weight excluding hydrogens is 342 g/mol. The van der Waals surface area contributed by atoms with Crippen molar-refractivity contribution in [1.29, 1.82) is 0 Å². The largest absolute Gasteiger partial charge is 0.481 e. The number of benzene rings is 1. The average Bonchev–Trinajstić information content (AvgIpc) is 2.83. The first-order valence-electron chi connectivity index (χ1n) is 6.50. The highest BCUT2D eigenvalue weighted by Crippen LogP contribution is 2.39. The number of alkyl halides is 3. The predicted octanol–water partition coefficient (Wildman–Crippen LogP) is 2.02. The van der Waals surface area contributed by atoms with E-state index in [2.05, 4.69) is 0 Å². The Hall–Kier alpha value is -1.68. The molecule has 0 aromatic heterocycles. The number of hydrogen-bond acceptors (Lipinski definition) is 3. The van der Waals surface area contributed by atoms with Crippen molar-refractivity contribution >= 4 is 16.0 Å². The number of aryl methyl sites for hydroxylation is 1. The molecule has 128 valence electrons. The average molecular weight is 355 g/mol. The van der Waals surface area contributed by atoms with Crippen molar-refractivity contribution in [3.05, 3.63) is 29.6 Å². The molecule has 2 atom stereocenters. The predicted molar refractivity (Wildman–Crippen MR) is 70.6 cm³/mol.